The molecule has 2 aromatic carbocycles. The fourth-order valence-corrected chi connectivity index (χ4v) is 3.09. The second kappa shape index (κ2) is 5.69. The van der Waals surface area contributed by atoms with Gasteiger partial charge < -0.3 is 10.3 Å². The van der Waals surface area contributed by atoms with E-state index in [0.717, 1.165) is 22.7 Å². The van der Waals surface area contributed by atoms with Gasteiger partial charge in [0.25, 0.3) is 0 Å². The topological polar surface area (TPSA) is 40.7 Å². The van der Waals surface area contributed by atoms with Crippen LogP contribution in [0.25, 0.3) is 11.0 Å². The lowest BCUT2D eigenvalue weighted by atomic mass is 10.1. The van der Waals surface area contributed by atoms with Crippen LogP contribution < -0.4 is 5.32 Å². The van der Waals surface area contributed by atoms with Crippen molar-refractivity contribution in [2.45, 2.75) is 23.5 Å². The highest BCUT2D eigenvalue weighted by Crippen LogP contribution is 2.30. The highest BCUT2D eigenvalue weighted by Gasteiger charge is 2.06. The summed E-state index contributed by atoms with van der Waals surface area (Å²) in [6, 6.07) is 14.7. The maximum atomic E-state index is 4.60. The van der Waals surface area contributed by atoms with Crippen LogP contribution in [0, 0.1) is 6.92 Å². The van der Waals surface area contributed by atoms with Gasteiger partial charge in [0.1, 0.15) is 0 Å². The van der Waals surface area contributed by atoms with E-state index in [1.807, 2.05) is 25.2 Å². The number of benzene rings is 2. The van der Waals surface area contributed by atoms with Gasteiger partial charge in [0, 0.05) is 11.4 Å². The van der Waals surface area contributed by atoms with Gasteiger partial charge in [-0.3, -0.25) is 0 Å². The molecule has 1 aromatic heterocycles. The third-order valence-corrected chi connectivity index (χ3v) is 4.26. The Hall–Kier alpha value is -1.78. The van der Waals surface area contributed by atoms with E-state index in [4.69, 9.17) is 0 Å². The molecule has 0 amide bonds. The average molecular weight is 283 g/mol. The Morgan fingerprint density at radius 3 is 2.80 bits per heavy atom. The molecule has 0 spiro atoms. The predicted molar refractivity (Wildman–Crippen MR) is 84.2 cm³/mol. The number of fused-ring (bicyclic) bond motifs is 1. The summed E-state index contributed by atoms with van der Waals surface area (Å²) in [5.41, 5.74) is 4.68. The molecule has 0 saturated heterocycles. The number of aromatic amines is 1. The normalized spacial score (nSPS) is 11.1. The van der Waals surface area contributed by atoms with E-state index >= 15 is 0 Å². The Bertz CT molecular complexity index is 700. The standard InChI is InChI=1S/C16H17N3S/c1-11-9-12(10-17-2)7-8-15(11)20-16-18-13-5-3-4-6-14(13)19-16/h3-9,17H,10H2,1-2H3,(H,18,19). The first-order valence-corrected chi connectivity index (χ1v) is 7.44. The van der Waals surface area contributed by atoms with Crippen LogP contribution >= 0.6 is 11.8 Å². The number of nitrogens with one attached hydrogen (secondary N) is 2. The summed E-state index contributed by atoms with van der Waals surface area (Å²) in [5.74, 6) is 0. The van der Waals surface area contributed by atoms with Gasteiger partial charge >= 0.3 is 0 Å². The number of H-pyrrole nitrogens is 1. The van der Waals surface area contributed by atoms with Crippen molar-refractivity contribution in [3.8, 4) is 0 Å². The lowest BCUT2D eigenvalue weighted by Gasteiger charge is -2.06. The molecule has 3 aromatic rings. The van der Waals surface area contributed by atoms with Crippen LogP contribution in [0.15, 0.2) is 52.5 Å². The van der Waals surface area contributed by atoms with E-state index in [2.05, 4.69) is 46.5 Å². The number of hydrogen-bond donors (Lipinski definition) is 2. The maximum Gasteiger partial charge on any atom is 0.171 e. The van der Waals surface area contributed by atoms with Crippen LogP contribution in [0.1, 0.15) is 11.1 Å². The van der Waals surface area contributed by atoms with E-state index < -0.39 is 0 Å². The SMILES string of the molecule is CNCc1ccc(Sc2nc3ccccc3[nH]2)c(C)c1. The molecular weight excluding hydrogens is 266 g/mol. The van der Waals surface area contributed by atoms with Crippen molar-refractivity contribution in [1.29, 1.82) is 0 Å². The van der Waals surface area contributed by atoms with Crippen LogP contribution in [-0.2, 0) is 6.54 Å². The van der Waals surface area contributed by atoms with Crippen molar-refractivity contribution in [3.05, 3.63) is 53.6 Å². The molecule has 0 aliphatic heterocycles. The van der Waals surface area contributed by atoms with Gasteiger partial charge in [-0.05, 0) is 43.3 Å². The number of imidazole rings is 1. The van der Waals surface area contributed by atoms with E-state index in [1.165, 1.54) is 16.0 Å². The summed E-state index contributed by atoms with van der Waals surface area (Å²) in [7, 11) is 1.96. The highest BCUT2D eigenvalue weighted by molar-refractivity contribution is 7.99. The molecule has 0 atom stereocenters. The molecule has 20 heavy (non-hydrogen) atoms. The van der Waals surface area contributed by atoms with Gasteiger partial charge in [0.2, 0.25) is 0 Å². The third-order valence-electron chi connectivity index (χ3n) is 3.19. The first-order chi connectivity index (χ1) is 9.76. The summed E-state index contributed by atoms with van der Waals surface area (Å²) < 4.78 is 0. The average Bonchev–Trinajstić information content (AvgIpc) is 2.84. The first-order valence-electron chi connectivity index (χ1n) is 6.63. The van der Waals surface area contributed by atoms with E-state index in [1.54, 1.807) is 11.8 Å². The Labute approximate surface area is 122 Å². The molecule has 1 heterocycles. The van der Waals surface area contributed by atoms with Crippen molar-refractivity contribution < 1.29 is 0 Å². The van der Waals surface area contributed by atoms with Crippen molar-refractivity contribution in [2.75, 3.05) is 7.05 Å². The number of nitrogens with zero attached hydrogens (tertiary/aromatic N) is 1. The fourth-order valence-electron chi connectivity index (χ4n) is 2.22. The largest absolute Gasteiger partial charge is 0.333 e. The van der Waals surface area contributed by atoms with Gasteiger partial charge in [-0.1, -0.05) is 36.0 Å². The molecule has 0 radical (unpaired) electrons. The molecule has 0 saturated carbocycles. The molecular formula is C16H17N3S. The van der Waals surface area contributed by atoms with Crippen molar-refractivity contribution >= 4 is 22.8 Å². The molecule has 0 bridgehead atoms. The maximum absolute atomic E-state index is 4.60. The summed E-state index contributed by atoms with van der Waals surface area (Å²) in [5, 5.41) is 4.11. The zero-order chi connectivity index (χ0) is 13.9. The minimum atomic E-state index is 0.899. The van der Waals surface area contributed by atoms with Gasteiger partial charge in [0.15, 0.2) is 5.16 Å². The Morgan fingerprint density at radius 2 is 2.05 bits per heavy atom. The second-order valence-electron chi connectivity index (χ2n) is 4.79. The Morgan fingerprint density at radius 1 is 1.20 bits per heavy atom. The second-order valence-corrected chi connectivity index (χ2v) is 5.82. The van der Waals surface area contributed by atoms with Crippen molar-refractivity contribution in [1.82, 2.24) is 15.3 Å². The number of para-hydroxylation sites is 2. The quantitative estimate of drug-likeness (QED) is 0.766. The van der Waals surface area contributed by atoms with Gasteiger partial charge in [0.05, 0.1) is 11.0 Å². The molecule has 0 unspecified atom stereocenters. The Balaban J connectivity index is 1.86. The molecule has 0 fully saturated rings. The first kappa shape index (κ1) is 13.2. The van der Waals surface area contributed by atoms with Gasteiger partial charge in [-0.15, -0.1) is 0 Å². The van der Waals surface area contributed by atoms with Crippen LogP contribution in [0.5, 0.6) is 0 Å². The molecule has 0 aliphatic carbocycles. The molecule has 4 heteroatoms. The zero-order valence-corrected chi connectivity index (χ0v) is 12.4. The van der Waals surface area contributed by atoms with Crippen LogP contribution in [0.2, 0.25) is 0 Å². The molecule has 3 rings (SSSR count). The monoisotopic (exact) mass is 283 g/mol. The lowest BCUT2D eigenvalue weighted by Crippen LogP contribution is -2.05. The zero-order valence-electron chi connectivity index (χ0n) is 11.6. The lowest BCUT2D eigenvalue weighted by molar-refractivity contribution is 0.815. The third kappa shape index (κ3) is 2.71. The van der Waals surface area contributed by atoms with Crippen LogP contribution in [0.3, 0.4) is 0 Å². The predicted octanol–water partition coefficient (Wildman–Crippen LogP) is 3.74. The van der Waals surface area contributed by atoms with Crippen molar-refractivity contribution in [3.63, 3.8) is 0 Å². The van der Waals surface area contributed by atoms with Crippen LogP contribution in [-0.4, -0.2) is 17.0 Å². The molecule has 102 valence electrons. The summed E-state index contributed by atoms with van der Waals surface area (Å²) in [4.78, 5) is 9.19. The van der Waals surface area contributed by atoms with E-state index in [0.29, 0.717) is 0 Å². The van der Waals surface area contributed by atoms with Gasteiger partial charge in [-0.2, -0.15) is 0 Å². The number of aromatic nitrogens is 2. The smallest absolute Gasteiger partial charge is 0.171 e. The Kier molecular flexibility index (Phi) is 3.76. The highest BCUT2D eigenvalue weighted by atomic mass is 32.2. The van der Waals surface area contributed by atoms with Crippen LogP contribution in [0.4, 0.5) is 0 Å². The molecule has 2 N–H and O–H groups in total. The number of aryl methyl sites for hydroxylation is 1. The minimum absolute atomic E-state index is 0.899. The summed E-state index contributed by atoms with van der Waals surface area (Å²) in [6.07, 6.45) is 0. The summed E-state index contributed by atoms with van der Waals surface area (Å²) in [6.45, 7) is 3.04. The number of hydrogen-bond acceptors (Lipinski definition) is 3. The minimum Gasteiger partial charge on any atom is -0.333 e. The number of rotatable bonds is 4. The van der Waals surface area contributed by atoms with E-state index in [-0.39, 0.29) is 0 Å². The van der Waals surface area contributed by atoms with Gasteiger partial charge in [-0.25, -0.2) is 4.98 Å². The van der Waals surface area contributed by atoms with E-state index in [9.17, 15) is 0 Å². The molecule has 0 aliphatic rings. The fraction of sp³-hybridized carbons (Fsp3) is 0.188. The van der Waals surface area contributed by atoms with Crippen molar-refractivity contribution in [2.24, 2.45) is 0 Å². The molecule has 3 nitrogen and oxygen atoms in total. The summed E-state index contributed by atoms with van der Waals surface area (Å²) >= 11 is 1.68.